The van der Waals surface area contributed by atoms with Crippen LogP contribution >= 0.6 is 11.3 Å². The van der Waals surface area contributed by atoms with Crippen molar-refractivity contribution in [2.24, 2.45) is 0 Å². The van der Waals surface area contributed by atoms with Crippen LogP contribution in [0.5, 0.6) is 0 Å². The van der Waals surface area contributed by atoms with Crippen LogP contribution in [-0.2, 0) is 23.9 Å². The summed E-state index contributed by atoms with van der Waals surface area (Å²) >= 11 is 1.73. The lowest BCUT2D eigenvalue weighted by atomic mass is 10.1. The van der Waals surface area contributed by atoms with Crippen LogP contribution in [0, 0.1) is 0 Å². The van der Waals surface area contributed by atoms with E-state index in [1.807, 2.05) is 6.92 Å². The molecule has 1 aromatic heterocycles. The van der Waals surface area contributed by atoms with Crippen molar-refractivity contribution >= 4 is 22.9 Å². The maximum atomic E-state index is 12.6. The third-order valence-electron chi connectivity index (χ3n) is 4.24. The Morgan fingerprint density at radius 1 is 1.25 bits per heavy atom. The number of nitrogens with zero attached hydrogens (tertiary/aromatic N) is 1. The van der Waals surface area contributed by atoms with E-state index in [0.29, 0.717) is 5.69 Å². The van der Waals surface area contributed by atoms with Gasteiger partial charge >= 0.3 is 6.18 Å². The van der Waals surface area contributed by atoms with Crippen LogP contribution < -0.4 is 5.32 Å². The lowest BCUT2D eigenvalue weighted by molar-refractivity contribution is -0.137. The van der Waals surface area contributed by atoms with Gasteiger partial charge < -0.3 is 5.32 Å². The topological polar surface area (TPSA) is 32.3 Å². The number of alkyl halides is 3. The van der Waals surface area contributed by atoms with Crippen LogP contribution in [0.1, 0.15) is 22.9 Å². The Hall–Kier alpha value is -1.86. The van der Waals surface area contributed by atoms with Gasteiger partial charge in [-0.25, -0.2) is 0 Å². The molecule has 0 bridgehead atoms. The van der Waals surface area contributed by atoms with E-state index >= 15 is 0 Å². The molecule has 0 spiro atoms. The molecule has 1 unspecified atom stereocenters. The van der Waals surface area contributed by atoms with Gasteiger partial charge in [0.2, 0.25) is 5.91 Å². The zero-order valence-electron chi connectivity index (χ0n) is 13.1. The van der Waals surface area contributed by atoms with Crippen LogP contribution in [0.2, 0.25) is 0 Å². The second-order valence-electron chi connectivity index (χ2n) is 5.83. The molecule has 0 saturated heterocycles. The van der Waals surface area contributed by atoms with Gasteiger partial charge in [0.25, 0.3) is 0 Å². The minimum Gasteiger partial charge on any atom is -0.325 e. The minimum absolute atomic E-state index is 0.214. The van der Waals surface area contributed by atoms with Crippen molar-refractivity contribution in [1.29, 1.82) is 0 Å². The van der Waals surface area contributed by atoms with Gasteiger partial charge in [-0.2, -0.15) is 13.2 Å². The third-order valence-corrected chi connectivity index (χ3v) is 5.27. The molecule has 1 N–H and O–H groups in total. The number of rotatable bonds is 3. The van der Waals surface area contributed by atoms with E-state index in [2.05, 4.69) is 21.7 Å². The average molecular weight is 354 g/mol. The van der Waals surface area contributed by atoms with Crippen molar-refractivity contribution in [3.8, 4) is 0 Å². The number of carbonyl (C=O) groups excluding carboxylic acids is 1. The fourth-order valence-corrected chi connectivity index (χ4v) is 3.65. The Bertz CT molecular complexity index is 724. The standard InChI is InChI=1S/C17H17F3N2OS/c1-11(22-8-6-15-12(10-22)7-9-24-15)16(23)21-14-4-2-13(3-5-14)17(18,19)20/h2-5,7,9,11H,6,8,10H2,1H3,(H,21,23). The Morgan fingerprint density at radius 2 is 1.96 bits per heavy atom. The number of fused-ring (bicyclic) bond motifs is 1. The van der Waals surface area contributed by atoms with Crippen molar-refractivity contribution in [1.82, 2.24) is 4.90 Å². The normalized spacial score (nSPS) is 16.5. The molecule has 24 heavy (non-hydrogen) atoms. The molecule has 2 heterocycles. The van der Waals surface area contributed by atoms with Crippen molar-refractivity contribution in [3.05, 3.63) is 51.7 Å². The summed E-state index contributed by atoms with van der Waals surface area (Å²) < 4.78 is 37.7. The van der Waals surface area contributed by atoms with Crippen LogP contribution in [0.25, 0.3) is 0 Å². The van der Waals surface area contributed by atoms with E-state index in [4.69, 9.17) is 0 Å². The van der Waals surface area contributed by atoms with Gasteiger partial charge in [0.15, 0.2) is 0 Å². The Labute approximate surface area is 142 Å². The number of benzene rings is 1. The molecule has 128 valence electrons. The molecular formula is C17H17F3N2OS. The highest BCUT2D eigenvalue weighted by atomic mass is 32.1. The summed E-state index contributed by atoms with van der Waals surface area (Å²) in [5.41, 5.74) is 0.892. The molecule has 1 aromatic carbocycles. The van der Waals surface area contributed by atoms with Crippen LogP contribution in [0.15, 0.2) is 35.7 Å². The van der Waals surface area contributed by atoms with Gasteiger partial charge in [-0.3, -0.25) is 9.69 Å². The Balaban J connectivity index is 1.62. The quantitative estimate of drug-likeness (QED) is 0.898. The summed E-state index contributed by atoms with van der Waals surface area (Å²) in [4.78, 5) is 15.8. The zero-order chi connectivity index (χ0) is 17.3. The second kappa shape index (κ2) is 6.57. The summed E-state index contributed by atoms with van der Waals surface area (Å²) in [5, 5.41) is 4.75. The summed E-state index contributed by atoms with van der Waals surface area (Å²) in [5.74, 6) is -0.214. The number of halogens is 3. The molecule has 3 rings (SSSR count). The van der Waals surface area contributed by atoms with Crippen LogP contribution in [0.3, 0.4) is 0 Å². The smallest absolute Gasteiger partial charge is 0.325 e. The summed E-state index contributed by atoms with van der Waals surface area (Å²) in [7, 11) is 0. The number of thiophene rings is 1. The maximum Gasteiger partial charge on any atom is 0.416 e. The molecule has 1 atom stereocenters. The van der Waals surface area contributed by atoms with E-state index in [1.54, 1.807) is 11.3 Å². The van der Waals surface area contributed by atoms with Crippen molar-refractivity contribution in [2.75, 3.05) is 11.9 Å². The average Bonchev–Trinajstić information content (AvgIpc) is 3.01. The van der Waals surface area contributed by atoms with Crippen molar-refractivity contribution in [3.63, 3.8) is 0 Å². The lowest BCUT2D eigenvalue weighted by Crippen LogP contribution is -2.44. The third kappa shape index (κ3) is 3.62. The van der Waals surface area contributed by atoms with Crippen LogP contribution in [0.4, 0.5) is 18.9 Å². The largest absolute Gasteiger partial charge is 0.416 e. The predicted molar refractivity (Wildman–Crippen MR) is 88.0 cm³/mol. The lowest BCUT2D eigenvalue weighted by Gasteiger charge is -2.31. The number of amides is 1. The number of nitrogens with one attached hydrogen (secondary N) is 1. The number of carbonyl (C=O) groups is 1. The molecule has 1 aliphatic heterocycles. The summed E-state index contributed by atoms with van der Waals surface area (Å²) in [6.07, 6.45) is -3.45. The van der Waals surface area contributed by atoms with Gasteiger partial charge in [-0.05, 0) is 54.6 Å². The first kappa shape index (κ1) is 17.0. The van der Waals surface area contributed by atoms with Gasteiger partial charge in [0.05, 0.1) is 11.6 Å². The fourth-order valence-electron chi connectivity index (χ4n) is 2.76. The highest BCUT2D eigenvalue weighted by Crippen LogP contribution is 2.30. The molecular weight excluding hydrogens is 337 g/mol. The monoisotopic (exact) mass is 354 g/mol. The Morgan fingerprint density at radius 3 is 2.62 bits per heavy atom. The maximum absolute atomic E-state index is 12.6. The fraction of sp³-hybridized carbons (Fsp3) is 0.353. The van der Waals surface area contributed by atoms with E-state index in [9.17, 15) is 18.0 Å². The van der Waals surface area contributed by atoms with E-state index in [1.165, 1.54) is 22.6 Å². The molecule has 1 aliphatic rings. The van der Waals surface area contributed by atoms with E-state index in [-0.39, 0.29) is 11.9 Å². The van der Waals surface area contributed by atoms with Crippen molar-refractivity contribution < 1.29 is 18.0 Å². The number of hydrogen-bond donors (Lipinski definition) is 1. The van der Waals surface area contributed by atoms with Gasteiger partial charge in [0, 0.05) is 23.7 Å². The highest BCUT2D eigenvalue weighted by Gasteiger charge is 2.30. The highest BCUT2D eigenvalue weighted by molar-refractivity contribution is 7.10. The molecule has 0 radical (unpaired) electrons. The zero-order valence-corrected chi connectivity index (χ0v) is 13.9. The van der Waals surface area contributed by atoms with Gasteiger partial charge in [-0.15, -0.1) is 11.3 Å². The van der Waals surface area contributed by atoms with Crippen LogP contribution in [-0.4, -0.2) is 23.4 Å². The first-order valence-electron chi connectivity index (χ1n) is 7.62. The Kier molecular flexibility index (Phi) is 4.64. The number of anilines is 1. The van der Waals surface area contributed by atoms with E-state index < -0.39 is 11.7 Å². The molecule has 1 amide bonds. The molecule has 2 aromatic rings. The molecule has 3 nitrogen and oxygen atoms in total. The number of hydrogen-bond acceptors (Lipinski definition) is 3. The molecule has 7 heteroatoms. The first-order valence-corrected chi connectivity index (χ1v) is 8.50. The predicted octanol–water partition coefficient (Wildman–Crippen LogP) is 4.15. The van der Waals surface area contributed by atoms with Gasteiger partial charge in [-0.1, -0.05) is 0 Å². The minimum atomic E-state index is -4.37. The SMILES string of the molecule is CC(C(=O)Nc1ccc(C(F)(F)F)cc1)N1CCc2sccc2C1. The van der Waals surface area contributed by atoms with E-state index in [0.717, 1.165) is 31.6 Å². The first-order chi connectivity index (χ1) is 11.3. The summed E-state index contributed by atoms with van der Waals surface area (Å²) in [6.45, 7) is 3.34. The van der Waals surface area contributed by atoms with Gasteiger partial charge in [0.1, 0.15) is 0 Å². The molecule has 0 saturated carbocycles. The molecule has 0 aliphatic carbocycles. The second-order valence-corrected chi connectivity index (χ2v) is 6.83. The molecule has 0 fully saturated rings. The van der Waals surface area contributed by atoms with Crippen molar-refractivity contribution in [2.45, 2.75) is 32.1 Å². The summed E-state index contributed by atoms with van der Waals surface area (Å²) in [6, 6.07) is 6.23.